The summed E-state index contributed by atoms with van der Waals surface area (Å²) in [6.07, 6.45) is 0. The van der Waals surface area contributed by atoms with Crippen LogP contribution in [0.5, 0.6) is 0 Å². The average molecular weight is 257 g/mol. The van der Waals surface area contributed by atoms with Gasteiger partial charge in [-0.15, -0.1) is 0 Å². The van der Waals surface area contributed by atoms with E-state index in [1.807, 2.05) is 18.2 Å². The molecule has 0 fully saturated rings. The Hall–Kier alpha value is -2.00. The second-order valence-corrected chi connectivity index (χ2v) is 4.86. The van der Waals surface area contributed by atoms with Gasteiger partial charge in [-0.25, -0.2) is 4.39 Å². The first-order chi connectivity index (χ1) is 8.93. The van der Waals surface area contributed by atoms with Gasteiger partial charge < -0.3 is 5.73 Å². The minimum Gasteiger partial charge on any atom is -0.315 e. The average Bonchev–Trinajstić information content (AvgIpc) is 2.41. The van der Waals surface area contributed by atoms with Crippen molar-refractivity contribution in [1.29, 1.82) is 0 Å². The summed E-state index contributed by atoms with van der Waals surface area (Å²) in [6.45, 7) is 3.42. The van der Waals surface area contributed by atoms with E-state index in [1.165, 1.54) is 12.1 Å². The maximum absolute atomic E-state index is 13.3. The first-order valence-corrected chi connectivity index (χ1v) is 6.08. The summed E-state index contributed by atoms with van der Waals surface area (Å²) >= 11 is 0. The van der Waals surface area contributed by atoms with Gasteiger partial charge in [0.05, 0.1) is 0 Å². The molecule has 0 amide bonds. The fraction of sp³-hybridized carbons (Fsp3) is 0.188. The summed E-state index contributed by atoms with van der Waals surface area (Å²) in [5, 5.41) is 0. The number of aryl methyl sites for hydroxylation is 1. The van der Waals surface area contributed by atoms with Gasteiger partial charge in [0.15, 0.2) is 5.78 Å². The molecule has 2 N–H and O–H groups in total. The molecular weight excluding hydrogens is 241 g/mol. The highest BCUT2D eigenvalue weighted by molar-refractivity contribution is 6.04. The minimum absolute atomic E-state index is 0.282. The molecule has 0 bridgehead atoms. The predicted octanol–water partition coefficient (Wildman–Crippen LogP) is 3.19. The van der Waals surface area contributed by atoms with Crippen LogP contribution in [0.3, 0.4) is 0 Å². The Morgan fingerprint density at radius 3 is 2.42 bits per heavy atom. The van der Waals surface area contributed by atoms with E-state index >= 15 is 0 Å². The Bertz CT molecular complexity index is 605. The van der Waals surface area contributed by atoms with Gasteiger partial charge in [-0.2, -0.15) is 0 Å². The highest BCUT2D eigenvalue weighted by atomic mass is 19.1. The first kappa shape index (κ1) is 13.4. The van der Waals surface area contributed by atoms with Crippen LogP contribution in [0.15, 0.2) is 48.5 Å². The molecule has 3 heteroatoms. The number of hydrogen-bond donors (Lipinski definition) is 1. The largest absolute Gasteiger partial charge is 0.315 e. The molecule has 0 saturated heterocycles. The lowest BCUT2D eigenvalue weighted by atomic mass is 9.84. The van der Waals surface area contributed by atoms with Gasteiger partial charge in [0, 0.05) is 5.56 Å². The Balaban J connectivity index is 2.46. The summed E-state index contributed by atoms with van der Waals surface area (Å²) in [6, 6.07) is 13.3. The molecule has 2 aromatic carbocycles. The first-order valence-electron chi connectivity index (χ1n) is 6.08. The van der Waals surface area contributed by atoms with Gasteiger partial charge in [0.2, 0.25) is 0 Å². The molecular formula is C16H16FNO. The van der Waals surface area contributed by atoms with Crippen LogP contribution >= 0.6 is 0 Å². The summed E-state index contributed by atoms with van der Waals surface area (Å²) in [5.41, 5.74) is 6.75. The summed E-state index contributed by atoms with van der Waals surface area (Å²) in [7, 11) is 0. The number of nitrogens with two attached hydrogens (primary N) is 1. The molecule has 0 radical (unpaired) electrons. The van der Waals surface area contributed by atoms with E-state index in [0.717, 1.165) is 5.56 Å². The Morgan fingerprint density at radius 2 is 1.79 bits per heavy atom. The second-order valence-electron chi connectivity index (χ2n) is 4.86. The van der Waals surface area contributed by atoms with E-state index in [1.54, 1.807) is 32.0 Å². The lowest BCUT2D eigenvalue weighted by molar-refractivity contribution is 0.0899. The Labute approximate surface area is 112 Å². The van der Waals surface area contributed by atoms with Crippen LogP contribution < -0.4 is 5.73 Å². The molecule has 2 nitrogen and oxygen atoms in total. The minimum atomic E-state index is -1.17. The molecule has 1 atom stereocenters. The van der Waals surface area contributed by atoms with Crippen molar-refractivity contribution in [3.8, 4) is 0 Å². The Kier molecular flexibility index (Phi) is 3.49. The lowest BCUT2D eigenvalue weighted by Gasteiger charge is -2.24. The van der Waals surface area contributed by atoms with Crippen molar-refractivity contribution >= 4 is 5.78 Å². The molecule has 2 rings (SSSR count). The second kappa shape index (κ2) is 4.94. The number of halogens is 1. The number of rotatable bonds is 3. The van der Waals surface area contributed by atoms with Crippen molar-refractivity contribution in [3.05, 3.63) is 71.0 Å². The fourth-order valence-electron chi connectivity index (χ4n) is 2.03. The number of hydrogen-bond acceptors (Lipinski definition) is 2. The molecule has 0 heterocycles. The Morgan fingerprint density at radius 1 is 1.16 bits per heavy atom. The van der Waals surface area contributed by atoms with Crippen molar-refractivity contribution in [3.63, 3.8) is 0 Å². The van der Waals surface area contributed by atoms with Gasteiger partial charge in [0.1, 0.15) is 11.4 Å². The van der Waals surface area contributed by atoms with Crippen LogP contribution in [-0.2, 0) is 5.54 Å². The van der Waals surface area contributed by atoms with Gasteiger partial charge in [-0.1, -0.05) is 36.4 Å². The van der Waals surface area contributed by atoms with Crippen molar-refractivity contribution in [2.75, 3.05) is 0 Å². The topological polar surface area (TPSA) is 43.1 Å². The number of carbonyl (C=O) groups is 1. The third-order valence-electron chi connectivity index (χ3n) is 3.29. The van der Waals surface area contributed by atoms with Crippen LogP contribution in [-0.4, -0.2) is 5.78 Å². The van der Waals surface area contributed by atoms with E-state index in [0.29, 0.717) is 11.1 Å². The molecule has 0 aliphatic carbocycles. The third kappa shape index (κ3) is 2.56. The zero-order valence-electron chi connectivity index (χ0n) is 11.0. The summed E-state index contributed by atoms with van der Waals surface area (Å²) in [4.78, 5) is 12.5. The van der Waals surface area contributed by atoms with Crippen LogP contribution in [0.2, 0.25) is 0 Å². The normalized spacial score (nSPS) is 13.9. The maximum Gasteiger partial charge on any atom is 0.187 e. The molecule has 0 spiro atoms. The van der Waals surface area contributed by atoms with Gasteiger partial charge >= 0.3 is 0 Å². The van der Waals surface area contributed by atoms with Crippen LogP contribution in [0, 0.1) is 12.7 Å². The van der Waals surface area contributed by atoms with E-state index in [2.05, 4.69) is 0 Å². The molecule has 0 saturated carbocycles. The highest BCUT2D eigenvalue weighted by Crippen LogP contribution is 2.24. The van der Waals surface area contributed by atoms with Gasteiger partial charge in [-0.3, -0.25) is 4.79 Å². The summed E-state index contributed by atoms with van der Waals surface area (Å²) < 4.78 is 13.3. The van der Waals surface area contributed by atoms with Gasteiger partial charge in [-0.05, 0) is 37.1 Å². The number of benzene rings is 2. The summed E-state index contributed by atoms with van der Waals surface area (Å²) in [5.74, 6) is -0.714. The monoisotopic (exact) mass is 257 g/mol. The quantitative estimate of drug-likeness (QED) is 0.858. The molecule has 0 aliphatic rings. The van der Waals surface area contributed by atoms with E-state index in [9.17, 15) is 9.18 Å². The SMILES string of the molecule is Cc1ccc(F)cc1C(=O)C(C)(N)c1ccccc1. The van der Waals surface area contributed by atoms with E-state index in [-0.39, 0.29) is 5.78 Å². The van der Waals surface area contributed by atoms with Crippen LogP contribution in [0.4, 0.5) is 4.39 Å². The highest BCUT2D eigenvalue weighted by Gasteiger charge is 2.32. The third-order valence-corrected chi connectivity index (χ3v) is 3.29. The number of Topliss-reactive ketones (excluding diaryl/α,β-unsaturated/α-hetero) is 1. The van der Waals surface area contributed by atoms with Crippen LogP contribution in [0.1, 0.15) is 28.4 Å². The molecule has 0 aliphatic heterocycles. The van der Waals surface area contributed by atoms with E-state index in [4.69, 9.17) is 5.73 Å². The molecule has 0 aromatic heterocycles. The number of ketones is 1. The lowest BCUT2D eigenvalue weighted by Crippen LogP contribution is -2.42. The predicted molar refractivity (Wildman–Crippen MR) is 73.4 cm³/mol. The van der Waals surface area contributed by atoms with Crippen molar-refractivity contribution in [1.82, 2.24) is 0 Å². The smallest absolute Gasteiger partial charge is 0.187 e. The molecule has 1 unspecified atom stereocenters. The van der Waals surface area contributed by atoms with E-state index < -0.39 is 11.4 Å². The molecule has 2 aromatic rings. The standard InChI is InChI=1S/C16H16FNO/c1-11-8-9-13(17)10-14(11)15(19)16(2,18)12-6-4-3-5-7-12/h3-10H,18H2,1-2H3. The van der Waals surface area contributed by atoms with Crippen molar-refractivity contribution < 1.29 is 9.18 Å². The van der Waals surface area contributed by atoms with Crippen molar-refractivity contribution in [2.24, 2.45) is 5.73 Å². The van der Waals surface area contributed by atoms with Gasteiger partial charge in [0.25, 0.3) is 0 Å². The number of carbonyl (C=O) groups excluding carboxylic acids is 1. The zero-order chi connectivity index (χ0) is 14.0. The molecule has 19 heavy (non-hydrogen) atoms. The van der Waals surface area contributed by atoms with Crippen LogP contribution in [0.25, 0.3) is 0 Å². The fourth-order valence-corrected chi connectivity index (χ4v) is 2.03. The molecule has 98 valence electrons. The maximum atomic E-state index is 13.3. The van der Waals surface area contributed by atoms with Crippen molar-refractivity contribution in [2.45, 2.75) is 19.4 Å². The zero-order valence-corrected chi connectivity index (χ0v) is 11.0.